The van der Waals surface area contributed by atoms with Crippen LogP contribution in [0.1, 0.15) is 60.5 Å². The van der Waals surface area contributed by atoms with E-state index in [1.54, 1.807) is 23.6 Å². The quantitative estimate of drug-likeness (QED) is 0.333. The summed E-state index contributed by atoms with van der Waals surface area (Å²) in [7, 11) is 0. The molecule has 152 valence electrons. The van der Waals surface area contributed by atoms with Crippen LogP contribution in [0.4, 0.5) is 5.00 Å². The highest BCUT2D eigenvalue weighted by Crippen LogP contribution is 2.21. The number of thiophene rings is 1. The Labute approximate surface area is 174 Å². The van der Waals surface area contributed by atoms with Gasteiger partial charge in [0, 0.05) is 12.0 Å². The fourth-order valence-corrected chi connectivity index (χ4v) is 3.43. The number of nitrogens with zero attached hydrogens (tertiary/aromatic N) is 1. The highest BCUT2D eigenvalue weighted by molar-refractivity contribution is 7.14. The summed E-state index contributed by atoms with van der Waals surface area (Å²) in [5.74, 6) is -1.28. The van der Waals surface area contributed by atoms with Crippen LogP contribution in [0.25, 0.3) is 0 Å². The predicted molar refractivity (Wildman–Crippen MR) is 112 cm³/mol. The number of rotatable bonds is 11. The zero-order chi connectivity index (χ0) is 21.1. The Morgan fingerprint density at radius 2 is 1.86 bits per heavy atom. The van der Waals surface area contributed by atoms with Gasteiger partial charge in [-0.05, 0) is 29.9 Å². The lowest BCUT2D eigenvalue weighted by Crippen LogP contribution is -2.21. The monoisotopic (exact) mass is 412 g/mol. The first kappa shape index (κ1) is 22.3. The van der Waals surface area contributed by atoms with Gasteiger partial charge in [-0.25, -0.2) is 0 Å². The zero-order valence-corrected chi connectivity index (χ0v) is 17.2. The number of nitriles is 1. The Morgan fingerprint density at radius 3 is 2.55 bits per heavy atom. The summed E-state index contributed by atoms with van der Waals surface area (Å²) in [6, 6.07) is 11.0. The highest BCUT2D eigenvalue weighted by atomic mass is 32.1. The number of benzene rings is 1. The Bertz CT molecular complexity index is 881. The average Bonchev–Trinajstić information content (AvgIpc) is 3.18. The number of esters is 1. The van der Waals surface area contributed by atoms with Crippen LogP contribution in [-0.2, 0) is 20.7 Å². The van der Waals surface area contributed by atoms with Gasteiger partial charge in [-0.15, -0.1) is 11.3 Å². The minimum absolute atomic E-state index is 0.0269. The maximum absolute atomic E-state index is 12.2. The Balaban J connectivity index is 1.71. The molecule has 1 aromatic carbocycles. The van der Waals surface area contributed by atoms with E-state index in [-0.39, 0.29) is 18.6 Å². The van der Waals surface area contributed by atoms with E-state index in [4.69, 9.17) is 10.00 Å². The van der Waals surface area contributed by atoms with Crippen LogP contribution in [0.3, 0.4) is 0 Å². The summed E-state index contributed by atoms with van der Waals surface area (Å²) < 4.78 is 4.90. The molecule has 2 aromatic rings. The van der Waals surface area contributed by atoms with E-state index in [2.05, 4.69) is 12.2 Å². The molecule has 0 aliphatic carbocycles. The van der Waals surface area contributed by atoms with Gasteiger partial charge in [-0.1, -0.05) is 44.0 Å². The van der Waals surface area contributed by atoms with Crippen LogP contribution in [0.15, 0.2) is 35.7 Å². The van der Waals surface area contributed by atoms with Crippen molar-refractivity contribution in [3.05, 3.63) is 52.4 Å². The molecule has 0 atom stereocenters. The summed E-state index contributed by atoms with van der Waals surface area (Å²) in [5.41, 5.74) is 2.12. The normalized spacial score (nSPS) is 10.2. The maximum atomic E-state index is 12.2. The predicted octanol–water partition coefficient (Wildman–Crippen LogP) is 4.50. The summed E-state index contributed by atoms with van der Waals surface area (Å²) in [6.45, 7) is 1.70. The Kier molecular flexibility index (Phi) is 9.06. The van der Waals surface area contributed by atoms with Crippen molar-refractivity contribution in [1.82, 2.24) is 0 Å². The molecule has 0 saturated heterocycles. The lowest BCUT2D eigenvalue weighted by atomic mass is 10.0. The van der Waals surface area contributed by atoms with E-state index in [0.717, 1.165) is 12.8 Å². The van der Waals surface area contributed by atoms with Gasteiger partial charge in [0.1, 0.15) is 11.1 Å². The van der Waals surface area contributed by atoms with Gasteiger partial charge in [-0.2, -0.15) is 5.26 Å². The standard InChI is InChI=1S/C22H24N2O4S/c1-2-3-4-5-16-6-8-17(9-7-16)19(25)10-11-21(27)28-15-20(26)24-22-18(14-23)12-13-29-22/h6-9,12-13H,2-5,10-11,15H2,1H3,(H,24,26). The second kappa shape index (κ2) is 11.8. The second-order valence-corrected chi connectivity index (χ2v) is 7.48. The molecular formula is C22H24N2O4S. The summed E-state index contributed by atoms with van der Waals surface area (Å²) in [5, 5.41) is 13.5. The van der Waals surface area contributed by atoms with Crippen molar-refractivity contribution < 1.29 is 19.1 Å². The topological polar surface area (TPSA) is 96.3 Å². The van der Waals surface area contributed by atoms with E-state index in [9.17, 15) is 14.4 Å². The zero-order valence-electron chi connectivity index (χ0n) is 16.4. The summed E-state index contributed by atoms with van der Waals surface area (Å²) >= 11 is 1.22. The third kappa shape index (κ3) is 7.51. The molecule has 0 aliphatic rings. The first-order valence-corrected chi connectivity index (χ1v) is 10.5. The molecule has 1 N–H and O–H groups in total. The molecule has 2 rings (SSSR count). The molecule has 29 heavy (non-hydrogen) atoms. The molecule has 0 spiro atoms. The molecule has 1 aromatic heterocycles. The van der Waals surface area contributed by atoms with Gasteiger partial charge in [0.05, 0.1) is 12.0 Å². The fraction of sp³-hybridized carbons (Fsp3) is 0.364. The molecule has 0 aliphatic heterocycles. The molecule has 1 heterocycles. The smallest absolute Gasteiger partial charge is 0.306 e. The SMILES string of the molecule is CCCCCc1ccc(C(=O)CCC(=O)OCC(=O)Nc2sccc2C#N)cc1. The van der Waals surface area contributed by atoms with Crippen molar-refractivity contribution in [3.63, 3.8) is 0 Å². The van der Waals surface area contributed by atoms with Crippen LogP contribution in [0, 0.1) is 11.3 Å². The van der Waals surface area contributed by atoms with Gasteiger partial charge < -0.3 is 10.1 Å². The number of nitrogens with one attached hydrogen (secondary N) is 1. The van der Waals surface area contributed by atoms with Crippen molar-refractivity contribution in [1.29, 1.82) is 5.26 Å². The number of carbonyl (C=O) groups is 3. The lowest BCUT2D eigenvalue weighted by Gasteiger charge is -2.06. The maximum Gasteiger partial charge on any atom is 0.306 e. The van der Waals surface area contributed by atoms with Gasteiger partial charge in [-0.3, -0.25) is 14.4 Å². The third-order valence-electron chi connectivity index (χ3n) is 4.30. The summed E-state index contributed by atoms with van der Waals surface area (Å²) in [4.78, 5) is 35.8. The molecular weight excluding hydrogens is 388 g/mol. The van der Waals surface area contributed by atoms with Crippen LogP contribution in [0.2, 0.25) is 0 Å². The first-order chi connectivity index (χ1) is 14.0. The number of Topliss-reactive ketones (excluding diaryl/α,β-unsaturated/α-hetero) is 1. The van der Waals surface area contributed by atoms with E-state index in [0.29, 0.717) is 16.1 Å². The molecule has 0 bridgehead atoms. The van der Waals surface area contributed by atoms with Crippen LogP contribution < -0.4 is 5.32 Å². The largest absolute Gasteiger partial charge is 0.456 e. The van der Waals surface area contributed by atoms with E-state index in [1.165, 1.54) is 29.7 Å². The van der Waals surface area contributed by atoms with Gasteiger partial charge in [0.15, 0.2) is 12.4 Å². The number of ether oxygens (including phenoxy) is 1. The third-order valence-corrected chi connectivity index (χ3v) is 5.13. The van der Waals surface area contributed by atoms with Crippen molar-refractivity contribution in [3.8, 4) is 6.07 Å². The number of amides is 1. The van der Waals surface area contributed by atoms with E-state index < -0.39 is 18.5 Å². The van der Waals surface area contributed by atoms with Crippen molar-refractivity contribution in [2.24, 2.45) is 0 Å². The van der Waals surface area contributed by atoms with Crippen LogP contribution in [0.5, 0.6) is 0 Å². The number of aryl methyl sites for hydroxylation is 1. The number of unbranched alkanes of at least 4 members (excludes halogenated alkanes) is 2. The Morgan fingerprint density at radius 1 is 1.10 bits per heavy atom. The minimum Gasteiger partial charge on any atom is -0.456 e. The number of ketones is 1. The number of anilines is 1. The van der Waals surface area contributed by atoms with Gasteiger partial charge in [0.2, 0.25) is 0 Å². The van der Waals surface area contributed by atoms with Gasteiger partial charge in [0.25, 0.3) is 5.91 Å². The number of hydrogen-bond donors (Lipinski definition) is 1. The van der Waals surface area contributed by atoms with E-state index >= 15 is 0 Å². The van der Waals surface area contributed by atoms with Gasteiger partial charge >= 0.3 is 5.97 Å². The minimum atomic E-state index is -0.614. The van der Waals surface area contributed by atoms with E-state index in [1.807, 2.05) is 18.2 Å². The number of carbonyl (C=O) groups excluding carboxylic acids is 3. The summed E-state index contributed by atoms with van der Waals surface area (Å²) in [6.07, 6.45) is 4.43. The number of hydrogen-bond acceptors (Lipinski definition) is 6. The molecule has 6 nitrogen and oxygen atoms in total. The second-order valence-electron chi connectivity index (χ2n) is 6.56. The molecule has 1 amide bonds. The molecule has 7 heteroatoms. The molecule has 0 saturated carbocycles. The molecule has 0 radical (unpaired) electrons. The first-order valence-electron chi connectivity index (χ1n) is 9.58. The molecule has 0 unspecified atom stereocenters. The van der Waals surface area contributed by atoms with Crippen molar-refractivity contribution >= 4 is 34.0 Å². The Hall–Kier alpha value is -2.98. The lowest BCUT2D eigenvalue weighted by molar-refractivity contribution is -0.147. The molecule has 0 fully saturated rings. The van der Waals surface area contributed by atoms with Crippen LogP contribution in [-0.4, -0.2) is 24.3 Å². The van der Waals surface area contributed by atoms with Crippen LogP contribution >= 0.6 is 11.3 Å². The highest BCUT2D eigenvalue weighted by Gasteiger charge is 2.13. The average molecular weight is 413 g/mol. The van der Waals surface area contributed by atoms with Crippen molar-refractivity contribution in [2.45, 2.75) is 45.4 Å². The fourth-order valence-electron chi connectivity index (χ4n) is 2.67. The van der Waals surface area contributed by atoms with Crippen molar-refractivity contribution in [2.75, 3.05) is 11.9 Å².